The maximum absolute atomic E-state index is 9.10. The summed E-state index contributed by atoms with van der Waals surface area (Å²) in [6.07, 6.45) is 2.79. The third-order valence-electron chi connectivity index (χ3n) is 3.42. The maximum atomic E-state index is 9.10. The molecule has 2 atom stereocenters. The lowest BCUT2D eigenvalue weighted by Gasteiger charge is -2.16. The van der Waals surface area contributed by atoms with Crippen LogP contribution in [0, 0.1) is 5.92 Å². The molecule has 1 fully saturated rings. The molecular weight excluding hydrogens is 350 g/mol. The molecule has 0 bridgehead atoms. The SMILES string of the molecule is CC(CNCC1CCCO1)COc1ccc(Cl)cc1.O=C(O)C(=O)O. The van der Waals surface area contributed by atoms with Crippen molar-refractivity contribution in [2.24, 2.45) is 5.92 Å². The highest BCUT2D eigenvalue weighted by Gasteiger charge is 2.15. The van der Waals surface area contributed by atoms with Gasteiger partial charge >= 0.3 is 11.9 Å². The van der Waals surface area contributed by atoms with Gasteiger partial charge in [0.15, 0.2) is 0 Å². The molecule has 2 unspecified atom stereocenters. The van der Waals surface area contributed by atoms with Crippen LogP contribution in [0.15, 0.2) is 24.3 Å². The van der Waals surface area contributed by atoms with Crippen molar-refractivity contribution in [2.45, 2.75) is 25.9 Å². The van der Waals surface area contributed by atoms with Gasteiger partial charge in [0.25, 0.3) is 0 Å². The van der Waals surface area contributed by atoms with E-state index in [0.29, 0.717) is 18.6 Å². The summed E-state index contributed by atoms with van der Waals surface area (Å²) in [5.41, 5.74) is 0. The summed E-state index contributed by atoms with van der Waals surface area (Å²) < 4.78 is 11.3. The Morgan fingerprint density at radius 2 is 1.96 bits per heavy atom. The Balaban J connectivity index is 0.000000450. The highest BCUT2D eigenvalue weighted by atomic mass is 35.5. The molecule has 140 valence electrons. The molecule has 25 heavy (non-hydrogen) atoms. The lowest BCUT2D eigenvalue weighted by atomic mass is 10.2. The summed E-state index contributed by atoms with van der Waals surface area (Å²) in [6, 6.07) is 7.48. The van der Waals surface area contributed by atoms with Crippen LogP contribution in [0.3, 0.4) is 0 Å². The Morgan fingerprint density at radius 1 is 1.32 bits per heavy atom. The van der Waals surface area contributed by atoms with Crippen LogP contribution in [0.25, 0.3) is 0 Å². The van der Waals surface area contributed by atoms with Gasteiger partial charge in [0, 0.05) is 30.6 Å². The Hall–Kier alpha value is -1.83. The number of aliphatic carboxylic acids is 2. The molecular formula is C17H24ClNO6. The van der Waals surface area contributed by atoms with E-state index >= 15 is 0 Å². The number of hydrogen-bond donors (Lipinski definition) is 3. The van der Waals surface area contributed by atoms with Crippen LogP contribution in [0.4, 0.5) is 0 Å². The third kappa shape index (κ3) is 9.91. The maximum Gasteiger partial charge on any atom is 0.414 e. The van der Waals surface area contributed by atoms with Crippen molar-refractivity contribution in [3.05, 3.63) is 29.3 Å². The number of nitrogens with one attached hydrogen (secondary N) is 1. The third-order valence-corrected chi connectivity index (χ3v) is 3.67. The molecule has 2 rings (SSSR count). The van der Waals surface area contributed by atoms with Gasteiger partial charge in [-0.05, 0) is 37.1 Å². The second-order valence-electron chi connectivity index (χ2n) is 5.77. The summed E-state index contributed by atoms with van der Waals surface area (Å²) in [4.78, 5) is 18.2. The standard InChI is InChI=1S/C15H22ClNO2.C2H2O4/c1-12(9-17-10-15-3-2-8-18-15)11-19-14-6-4-13(16)5-7-14;3-1(4)2(5)6/h4-7,12,15,17H,2-3,8-11H2,1H3;(H,3,4)(H,5,6). The average Bonchev–Trinajstić information content (AvgIpc) is 3.08. The molecule has 1 aromatic rings. The molecule has 0 saturated carbocycles. The molecule has 1 aromatic carbocycles. The van der Waals surface area contributed by atoms with Gasteiger partial charge in [-0.1, -0.05) is 18.5 Å². The minimum absolute atomic E-state index is 0.407. The first-order valence-corrected chi connectivity index (χ1v) is 8.43. The molecule has 0 amide bonds. The molecule has 0 aliphatic carbocycles. The summed E-state index contributed by atoms with van der Waals surface area (Å²) in [5, 5.41) is 19.0. The number of ether oxygens (including phenoxy) is 2. The van der Waals surface area contributed by atoms with Crippen molar-refractivity contribution >= 4 is 23.5 Å². The van der Waals surface area contributed by atoms with Crippen LogP contribution in [0.1, 0.15) is 19.8 Å². The monoisotopic (exact) mass is 373 g/mol. The minimum Gasteiger partial charge on any atom is -0.493 e. The van der Waals surface area contributed by atoms with Gasteiger partial charge in [0.1, 0.15) is 5.75 Å². The van der Waals surface area contributed by atoms with Gasteiger partial charge in [-0.25, -0.2) is 9.59 Å². The Labute approximate surface area is 151 Å². The van der Waals surface area contributed by atoms with E-state index in [1.165, 1.54) is 12.8 Å². The molecule has 1 heterocycles. The first-order chi connectivity index (χ1) is 11.9. The van der Waals surface area contributed by atoms with Crippen molar-refractivity contribution in [2.75, 3.05) is 26.3 Å². The topological polar surface area (TPSA) is 105 Å². The van der Waals surface area contributed by atoms with Crippen LogP contribution < -0.4 is 10.1 Å². The number of rotatable bonds is 7. The van der Waals surface area contributed by atoms with Gasteiger partial charge in [0.05, 0.1) is 12.7 Å². The second-order valence-corrected chi connectivity index (χ2v) is 6.21. The predicted octanol–water partition coefficient (Wildman–Crippen LogP) is 2.28. The molecule has 1 saturated heterocycles. The number of halogens is 1. The molecule has 0 aromatic heterocycles. The van der Waals surface area contributed by atoms with E-state index in [4.69, 9.17) is 40.9 Å². The average molecular weight is 374 g/mol. The van der Waals surface area contributed by atoms with E-state index < -0.39 is 11.9 Å². The zero-order chi connectivity index (χ0) is 18.7. The van der Waals surface area contributed by atoms with E-state index in [9.17, 15) is 0 Å². The molecule has 8 heteroatoms. The number of hydrogen-bond acceptors (Lipinski definition) is 5. The largest absolute Gasteiger partial charge is 0.493 e. The lowest BCUT2D eigenvalue weighted by molar-refractivity contribution is -0.159. The van der Waals surface area contributed by atoms with Crippen LogP contribution in [0.5, 0.6) is 5.75 Å². The molecule has 0 spiro atoms. The zero-order valence-corrected chi connectivity index (χ0v) is 14.9. The highest BCUT2D eigenvalue weighted by molar-refractivity contribution is 6.30. The summed E-state index contributed by atoms with van der Waals surface area (Å²) in [7, 11) is 0. The smallest absolute Gasteiger partial charge is 0.414 e. The van der Waals surface area contributed by atoms with E-state index in [0.717, 1.165) is 30.5 Å². The van der Waals surface area contributed by atoms with Crippen LogP contribution in [-0.2, 0) is 14.3 Å². The number of carboxylic acids is 2. The molecule has 1 aliphatic rings. The van der Waals surface area contributed by atoms with E-state index in [1.807, 2.05) is 24.3 Å². The Bertz CT molecular complexity index is 518. The summed E-state index contributed by atoms with van der Waals surface area (Å²) in [5.74, 6) is -2.31. The van der Waals surface area contributed by atoms with E-state index in [-0.39, 0.29) is 0 Å². The fourth-order valence-electron chi connectivity index (χ4n) is 2.12. The minimum atomic E-state index is -1.82. The predicted molar refractivity (Wildman–Crippen MR) is 93.2 cm³/mol. The number of carbonyl (C=O) groups is 2. The number of benzene rings is 1. The lowest BCUT2D eigenvalue weighted by Crippen LogP contribution is -2.31. The Morgan fingerprint density at radius 3 is 2.48 bits per heavy atom. The van der Waals surface area contributed by atoms with Crippen molar-refractivity contribution < 1.29 is 29.3 Å². The molecule has 0 radical (unpaired) electrons. The van der Waals surface area contributed by atoms with Crippen molar-refractivity contribution in [3.63, 3.8) is 0 Å². The van der Waals surface area contributed by atoms with Gasteiger partial charge < -0.3 is 25.0 Å². The first-order valence-electron chi connectivity index (χ1n) is 8.05. The van der Waals surface area contributed by atoms with Gasteiger partial charge in [-0.3, -0.25) is 0 Å². The first kappa shape index (κ1) is 21.2. The van der Waals surface area contributed by atoms with Crippen molar-refractivity contribution in [1.29, 1.82) is 0 Å². The van der Waals surface area contributed by atoms with Gasteiger partial charge in [0.2, 0.25) is 0 Å². The highest BCUT2D eigenvalue weighted by Crippen LogP contribution is 2.16. The van der Waals surface area contributed by atoms with Crippen molar-refractivity contribution in [3.8, 4) is 5.75 Å². The fraction of sp³-hybridized carbons (Fsp3) is 0.529. The van der Waals surface area contributed by atoms with Gasteiger partial charge in [-0.15, -0.1) is 0 Å². The van der Waals surface area contributed by atoms with E-state index in [2.05, 4.69) is 12.2 Å². The summed E-state index contributed by atoms with van der Waals surface area (Å²) in [6.45, 7) is 5.71. The zero-order valence-electron chi connectivity index (χ0n) is 14.1. The van der Waals surface area contributed by atoms with E-state index in [1.54, 1.807) is 0 Å². The Kier molecular flexibility index (Phi) is 9.91. The van der Waals surface area contributed by atoms with Crippen LogP contribution >= 0.6 is 11.6 Å². The van der Waals surface area contributed by atoms with Crippen molar-refractivity contribution in [1.82, 2.24) is 5.32 Å². The molecule has 3 N–H and O–H groups in total. The molecule has 1 aliphatic heterocycles. The number of carboxylic acid groups (broad SMARTS) is 2. The van der Waals surface area contributed by atoms with Gasteiger partial charge in [-0.2, -0.15) is 0 Å². The summed E-state index contributed by atoms with van der Waals surface area (Å²) >= 11 is 5.83. The van der Waals surface area contributed by atoms with Crippen LogP contribution in [0.2, 0.25) is 5.02 Å². The quantitative estimate of drug-likeness (QED) is 0.629. The fourth-order valence-corrected chi connectivity index (χ4v) is 2.25. The molecule has 7 nitrogen and oxygen atoms in total. The second kappa shape index (κ2) is 11.7. The van der Waals surface area contributed by atoms with Crippen LogP contribution in [-0.4, -0.2) is 54.6 Å². The normalized spacial score (nSPS) is 17.3.